The van der Waals surface area contributed by atoms with Crippen LogP contribution in [0.5, 0.6) is 5.75 Å². The molecule has 11 nitrogen and oxygen atoms in total. The highest BCUT2D eigenvalue weighted by Gasteiger charge is 2.28. The average molecular weight is 579 g/mol. The number of hydrogen-bond acceptors (Lipinski definition) is 8. The van der Waals surface area contributed by atoms with Crippen LogP contribution in [0.1, 0.15) is 41.6 Å². The van der Waals surface area contributed by atoms with E-state index >= 15 is 0 Å². The molecular weight excluding hydrogens is 553 g/mol. The SMILES string of the molecule is CCc1cc(Nc2c(C(N)=O)c(-c3ccc(NS(=O)(=O)C(F)F)c(OC(C)c4ccc(F)cc4)c3)nn2C)no1. The average Bonchev–Trinajstić information content (AvgIpc) is 3.49. The second kappa shape index (κ2) is 11.3. The van der Waals surface area contributed by atoms with Crippen molar-refractivity contribution in [1.29, 1.82) is 0 Å². The van der Waals surface area contributed by atoms with Crippen molar-refractivity contribution in [3.63, 3.8) is 0 Å². The van der Waals surface area contributed by atoms with E-state index in [1.165, 1.54) is 47.1 Å². The van der Waals surface area contributed by atoms with Gasteiger partial charge in [0.25, 0.3) is 15.9 Å². The molecule has 0 radical (unpaired) electrons. The van der Waals surface area contributed by atoms with Crippen molar-refractivity contribution in [2.75, 3.05) is 10.0 Å². The van der Waals surface area contributed by atoms with Crippen LogP contribution in [-0.2, 0) is 23.5 Å². The number of primary amides is 1. The van der Waals surface area contributed by atoms with Gasteiger partial charge in [-0.05, 0) is 36.8 Å². The molecule has 212 valence electrons. The Morgan fingerprint density at radius 2 is 1.88 bits per heavy atom. The number of ether oxygens (including phenoxy) is 1. The first-order valence-corrected chi connectivity index (χ1v) is 13.4. The van der Waals surface area contributed by atoms with E-state index in [4.69, 9.17) is 15.0 Å². The third-order valence-electron chi connectivity index (χ3n) is 5.83. The summed E-state index contributed by atoms with van der Waals surface area (Å²) in [5, 5.41) is 11.2. The maximum atomic E-state index is 13.4. The molecule has 0 bridgehead atoms. The fraction of sp³-hybridized carbons (Fsp3) is 0.240. The number of halogens is 3. The van der Waals surface area contributed by atoms with Crippen molar-refractivity contribution in [1.82, 2.24) is 14.9 Å². The number of aromatic nitrogens is 3. The smallest absolute Gasteiger partial charge is 0.355 e. The maximum absolute atomic E-state index is 13.4. The summed E-state index contributed by atoms with van der Waals surface area (Å²) in [6, 6.07) is 10.9. The van der Waals surface area contributed by atoms with Crippen LogP contribution in [0.2, 0.25) is 0 Å². The van der Waals surface area contributed by atoms with E-state index in [9.17, 15) is 26.4 Å². The van der Waals surface area contributed by atoms with Crippen molar-refractivity contribution in [2.24, 2.45) is 12.8 Å². The fourth-order valence-electron chi connectivity index (χ4n) is 3.80. The minimum absolute atomic E-state index is 0.0259. The van der Waals surface area contributed by atoms with Crippen molar-refractivity contribution >= 4 is 33.3 Å². The monoisotopic (exact) mass is 578 g/mol. The highest BCUT2D eigenvalue weighted by molar-refractivity contribution is 7.93. The second-order valence-electron chi connectivity index (χ2n) is 8.65. The van der Waals surface area contributed by atoms with Gasteiger partial charge in [-0.1, -0.05) is 30.3 Å². The summed E-state index contributed by atoms with van der Waals surface area (Å²) in [5.74, 6) is -4.06. The lowest BCUT2D eigenvalue weighted by Gasteiger charge is -2.19. The summed E-state index contributed by atoms with van der Waals surface area (Å²) >= 11 is 0. The molecule has 15 heteroatoms. The molecule has 1 atom stereocenters. The van der Waals surface area contributed by atoms with Crippen LogP contribution in [0.15, 0.2) is 53.1 Å². The zero-order chi connectivity index (χ0) is 29.2. The lowest BCUT2D eigenvalue weighted by Crippen LogP contribution is -2.21. The van der Waals surface area contributed by atoms with Crippen LogP contribution in [0.4, 0.5) is 30.5 Å². The molecule has 0 fully saturated rings. The molecule has 4 N–H and O–H groups in total. The largest absolute Gasteiger partial charge is 0.484 e. The molecule has 0 saturated heterocycles. The lowest BCUT2D eigenvalue weighted by molar-refractivity contribution is 0.100. The van der Waals surface area contributed by atoms with Crippen molar-refractivity contribution in [3.05, 3.63) is 71.2 Å². The molecule has 0 spiro atoms. The number of amides is 1. The third-order valence-corrected chi connectivity index (χ3v) is 6.81. The predicted octanol–water partition coefficient (Wildman–Crippen LogP) is 4.72. The van der Waals surface area contributed by atoms with Crippen LogP contribution >= 0.6 is 0 Å². The van der Waals surface area contributed by atoms with E-state index in [1.54, 1.807) is 20.0 Å². The van der Waals surface area contributed by atoms with Gasteiger partial charge in [0.15, 0.2) is 5.82 Å². The number of carbonyl (C=O) groups excluding carboxylic acids is 1. The molecule has 2 aromatic carbocycles. The highest BCUT2D eigenvalue weighted by Crippen LogP contribution is 2.37. The van der Waals surface area contributed by atoms with Gasteiger partial charge in [-0.3, -0.25) is 14.2 Å². The van der Waals surface area contributed by atoms with E-state index in [-0.39, 0.29) is 34.1 Å². The van der Waals surface area contributed by atoms with Crippen LogP contribution in [0, 0.1) is 5.82 Å². The molecule has 4 rings (SSSR count). The van der Waals surface area contributed by atoms with Crippen molar-refractivity contribution in [3.8, 4) is 17.0 Å². The lowest BCUT2D eigenvalue weighted by atomic mass is 10.1. The molecule has 40 heavy (non-hydrogen) atoms. The Morgan fingerprint density at radius 1 is 1.18 bits per heavy atom. The number of carbonyl (C=O) groups is 1. The Balaban J connectivity index is 1.78. The molecule has 2 aromatic heterocycles. The van der Waals surface area contributed by atoms with E-state index in [0.29, 0.717) is 23.6 Å². The number of nitrogens with zero attached hydrogens (tertiary/aromatic N) is 3. The number of nitrogens with one attached hydrogen (secondary N) is 2. The van der Waals surface area contributed by atoms with E-state index < -0.39 is 33.6 Å². The number of benzene rings is 2. The van der Waals surface area contributed by atoms with Gasteiger partial charge in [0.05, 0.1) is 5.69 Å². The number of nitrogens with two attached hydrogens (primary N) is 1. The zero-order valence-electron chi connectivity index (χ0n) is 21.5. The van der Waals surface area contributed by atoms with Gasteiger partial charge in [-0.15, -0.1) is 0 Å². The van der Waals surface area contributed by atoms with Gasteiger partial charge >= 0.3 is 5.76 Å². The number of rotatable bonds is 11. The summed E-state index contributed by atoms with van der Waals surface area (Å²) in [6.07, 6.45) is -0.170. The Hall–Kier alpha value is -4.53. The van der Waals surface area contributed by atoms with Gasteiger partial charge in [0.1, 0.15) is 40.5 Å². The maximum Gasteiger partial charge on any atom is 0.355 e. The van der Waals surface area contributed by atoms with Crippen LogP contribution in [0.3, 0.4) is 0 Å². The standard InChI is InChI=1S/C25H25F3N6O5S/c1-4-17-12-20(32-39-17)30-24-21(23(29)35)22(31-34(24)3)15-7-10-18(33-40(36,37)25(27)28)19(11-15)38-13(2)14-5-8-16(26)9-6-14/h5-13,25,33H,4H2,1-3H3,(H2,29,35)(H,30,32). The molecule has 1 amide bonds. The van der Waals surface area contributed by atoms with Crippen molar-refractivity contribution < 1.29 is 35.6 Å². The van der Waals surface area contributed by atoms with Crippen molar-refractivity contribution in [2.45, 2.75) is 32.1 Å². The minimum atomic E-state index is -5.05. The second-order valence-corrected chi connectivity index (χ2v) is 10.3. The summed E-state index contributed by atoms with van der Waals surface area (Å²) in [7, 11) is -3.50. The first-order chi connectivity index (χ1) is 18.9. The number of anilines is 3. The molecule has 0 aliphatic carbocycles. The fourth-order valence-corrected chi connectivity index (χ4v) is 4.37. The quantitative estimate of drug-likeness (QED) is 0.231. The van der Waals surface area contributed by atoms with Crippen LogP contribution in [0.25, 0.3) is 11.3 Å². The zero-order valence-corrected chi connectivity index (χ0v) is 22.3. The van der Waals surface area contributed by atoms with E-state index in [2.05, 4.69) is 15.6 Å². The molecule has 0 aliphatic heterocycles. The van der Waals surface area contributed by atoms with Gasteiger partial charge in [0.2, 0.25) is 0 Å². The van der Waals surface area contributed by atoms with E-state index in [1.807, 2.05) is 11.6 Å². The first kappa shape index (κ1) is 28.5. The van der Waals surface area contributed by atoms with Crippen LogP contribution < -0.4 is 20.5 Å². The van der Waals surface area contributed by atoms with Crippen LogP contribution in [-0.4, -0.2) is 35.0 Å². The summed E-state index contributed by atoms with van der Waals surface area (Å²) in [4.78, 5) is 12.5. The van der Waals surface area contributed by atoms with Gasteiger partial charge in [-0.25, -0.2) is 12.8 Å². The van der Waals surface area contributed by atoms with Gasteiger partial charge in [-0.2, -0.15) is 13.9 Å². The Kier molecular flexibility index (Phi) is 8.04. The molecule has 0 saturated carbocycles. The highest BCUT2D eigenvalue weighted by atomic mass is 32.2. The topological polar surface area (TPSA) is 154 Å². The van der Waals surface area contributed by atoms with Gasteiger partial charge in [0, 0.05) is 25.1 Å². The molecule has 1 unspecified atom stereocenters. The number of alkyl halides is 2. The Morgan fingerprint density at radius 3 is 2.48 bits per heavy atom. The number of sulfonamides is 1. The Bertz CT molecular complexity index is 1640. The van der Waals surface area contributed by atoms with E-state index in [0.717, 1.165) is 0 Å². The van der Waals surface area contributed by atoms with Gasteiger partial charge < -0.3 is 20.3 Å². The minimum Gasteiger partial charge on any atom is -0.484 e. The normalized spacial score (nSPS) is 12.4. The Labute approximate surface area is 227 Å². The first-order valence-electron chi connectivity index (χ1n) is 11.8. The molecule has 2 heterocycles. The molecular formula is C25H25F3N6O5S. The predicted molar refractivity (Wildman–Crippen MR) is 140 cm³/mol. The molecule has 4 aromatic rings. The summed E-state index contributed by atoms with van der Waals surface area (Å²) in [5.41, 5.74) is 6.25. The summed E-state index contributed by atoms with van der Waals surface area (Å²) < 4.78 is 77.8. The molecule has 0 aliphatic rings. The number of hydrogen-bond donors (Lipinski definition) is 3. The summed E-state index contributed by atoms with van der Waals surface area (Å²) in [6.45, 7) is 3.48. The third kappa shape index (κ3) is 6.03. The number of aryl methyl sites for hydroxylation is 2.